The first-order chi connectivity index (χ1) is 15.9. The van der Waals surface area contributed by atoms with Crippen molar-refractivity contribution in [2.75, 3.05) is 18.5 Å². The molecule has 1 aliphatic heterocycles. The lowest BCUT2D eigenvalue weighted by Gasteiger charge is -2.22. The summed E-state index contributed by atoms with van der Waals surface area (Å²) in [4.78, 5) is 23.9. The highest BCUT2D eigenvalue weighted by Crippen LogP contribution is 2.36. The van der Waals surface area contributed by atoms with Gasteiger partial charge in [0.25, 0.3) is 0 Å². The first-order valence-electron chi connectivity index (χ1n) is 11.6. The van der Waals surface area contributed by atoms with Crippen LogP contribution in [0, 0.1) is 0 Å². The van der Waals surface area contributed by atoms with Gasteiger partial charge in [-0.25, -0.2) is 23.7 Å². The minimum Gasteiger partial charge on any atom is -0.481 e. The predicted octanol–water partition coefficient (Wildman–Crippen LogP) is 5.02. The molecular formula is C24H32F2N4O3. The van der Waals surface area contributed by atoms with Crippen LogP contribution in [0.4, 0.5) is 14.6 Å². The molecule has 2 aromatic heterocycles. The van der Waals surface area contributed by atoms with Gasteiger partial charge in [-0.15, -0.1) is 0 Å². The number of nitrogens with zero attached hydrogens (tertiary/aromatic N) is 3. The summed E-state index contributed by atoms with van der Waals surface area (Å²) in [6.45, 7) is 3.07. The number of carboxylic acids is 1. The van der Waals surface area contributed by atoms with Crippen molar-refractivity contribution in [3.63, 3.8) is 0 Å². The Morgan fingerprint density at radius 2 is 2.03 bits per heavy atom. The number of rotatable bonds is 12. The standard InChI is InChI=1S/C24H32F2N4O3/c1-2-33-23-28-15-19(16-29-23)18(13-21(31)32)14-24(25,26)11-5-3-8-20-10-9-17-7-4-6-12-27-22(17)30-20/h9-10,15-16,18H,2-8,11-14H2,1H3,(H,27,30)(H,31,32)/t18-/m0/s1. The van der Waals surface area contributed by atoms with E-state index >= 15 is 0 Å². The monoisotopic (exact) mass is 462 g/mol. The Balaban J connectivity index is 1.52. The normalized spacial score (nSPS) is 14.6. The lowest BCUT2D eigenvalue weighted by atomic mass is 9.89. The van der Waals surface area contributed by atoms with Crippen LogP contribution in [0.2, 0.25) is 0 Å². The van der Waals surface area contributed by atoms with Gasteiger partial charge in [0.15, 0.2) is 0 Å². The van der Waals surface area contributed by atoms with Crippen LogP contribution in [-0.2, 0) is 17.6 Å². The number of unbranched alkanes of at least 4 members (excludes halogenated alkanes) is 1. The molecule has 33 heavy (non-hydrogen) atoms. The Bertz CT molecular complexity index is 909. The molecule has 1 aliphatic rings. The topological polar surface area (TPSA) is 97.2 Å². The molecule has 3 rings (SSSR count). The number of anilines is 1. The average molecular weight is 463 g/mol. The van der Waals surface area contributed by atoms with Gasteiger partial charge in [0.1, 0.15) is 5.82 Å². The van der Waals surface area contributed by atoms with Crippen LogP contribution in [0.25, 0.3) is 0 Å². The third kappa shape index (κ3) is 7.91. The zero-order valence-corrected chi connectivity index (χ0v) is 19.0. The van der Waals surface area contributed by atoms with Crippen molar-refractivity contribution in [3.8, 4) is 6.01 Å². The molecule has 0 saturated carbocycles. The fraction of sp³-hybridized carbons (Fsp3) is 0.583. The number of alkyl halides is 2. The molecule has 0 unspecified atom stereocenters. The lowest BCUT2D eigenvalue weighted by Crippen LogP contribution is -2.22. The second-order valence-electron chi connectivity index (χ2n) is 8.49. The molecule has 0 aliphatic carbocycles. The van der Waals surface area contributed by atoms with Gasteiger partial charge in [-0.2, -0.15) is 0 Å². The van der Waals surface area contributed by atoms with Crippen molar-refractivity contribution in [2.24, 2.45) is 0 Å². The van der Waals surface area contributed by atoms with Gasteiger partial charge in [0, 0.05) is 43.4 Å². The molecule has 0 spiro atoms. The van der Waals surface area contributed by atoms with Crippen molar-refractivity contribution in [2.45, 2.75) is 76.6 Å². The van der Waals surface area contributed by atoms with Crippen molar-refractivity contribution in [3.05, 3.63) is 41.3 Å². The van der Waals surface area contributed by atoms with Gasteiger partial charge in [0.2, 0.25) is 5.92 Å². The van der Waals surface area contributed by atoms with E-state index in [1.165, 1.54) is 18.0 Å². The van der Waals surface area contributed by atoms with E-state index in [9.17, 15) is 18.7 Å². The molecule has 3 heterocycles. The second-order valence-corrected chi connectivity index (χ2v) is 8.49. The highest BCUT2D eigenvalue weighted by molar-refractivity contribution is 5.68. The van der Waals surface area contributed by atoms with E-state index in [4.69, 9.17) is 4.74 Å². The highest BCUT2D eigenvalue weighted by atomic mass is 19.3. The fourth-order valence-electron chi connectivity index (χ4n) is 4.08. The van der Waals surface area contributed by atoms with Crippen LogP contribution in [0.15, 0.2) is 24.5 Å². The molecule has 2 aromatic rings. The van der Waals surface area contributed by atoms with Gasteiger partial charge in [-0.05, 0) is 62.6 Å². The van der Waals surface area contributed by atoms with Gasteiger partial charge < -0.3 is 15.2 Å². The Labute approximate surface area is 193 Å². The van der Waals surface area contributed by atoms with Crippen molar-refractivity contribution < 1.29 is 23.4 Å². The minimum atomic E-state index is -2.98. The number of aryl methyl sites for hydroxylation is 2. The maximum Gasteiger partial charge on any atom is 0.316 e. The molecule has 2 N–H and O–H groups in total. The SMILES string of the molecule is CCOc1ncc([C@@H](CC(=O)O)CC(F)(F)CCCCc2ccc3c(n2)NCCCC3)cn1. The van der Waals surface area contributed by atoms with Crippen LogP contribution in [0.1, 0.15) is 74.6 Å². The van der Waals surface area contributed by atoms with Crippen LogP contribution >= 0.6 is 0 Å². The Morgan fingerprint density at radius 1 is 1.24 bits per heavy atom. The van der Waals surface area contributed by atoms with Crippen molar-refractivity contribution in [1.29, 1.82) is 0 Å². The van der Waals surface area contributed by atoms with Gasteiger partial charge >= 0.3 is 12.0 Å². The summed E-state index contributed by atoms with van der Waals surface area (Å²) in [5, 5.41) is 12.5. The summed E-state index contributed by atoms with van der Waals surface area (Å²) in [6, 6.07) is 4.21. The average Bonchev–Trinajstić information content (AvgIpc) is 3.02. The number of carbonyl (C=O) groups is 1. The minimum absolute atomic E-state index is 0.142. The molecule has 7 nitrogen and oxygen atoms in total. The third-order valence-corrected chi connectivity index (χ3v) is 5.79. The van der Waals surface area contributed by atoms with Gasteiger partial charge in [-0.1, -0.05) is 6.07 Å². The number of ether oxygens (including phenoxy) is 1. The number of hydrogen-bond acceptors (Lipinski definition) is 6. The summed E-state index contributed by atoms with van der Waals surface area (Å²) >= 11 is 0. The molecule has 0 saturated heterocycles. The summed E-state index contributed by atoms with van der Waals surface area (Å²) in [6.07, 6.45) is 6.32. The van der Waals surface area contributed by atoms with E-state index < -0.39 is 30.7 Å². The van der Waals surface area contributed by atoms with Crippen molar-refractivity contribution >= 4 is 11.8 Å². The van der Waals surface area contributed by atoms with Gasteiger partial charge in [0.05, 0.1) is 13.0 Å². The van der Waals surface area contributed by atoms with E-state index in [1.807, 2.05) is 6.07 Å². The number of hydrogen-bond donors (Lipinski definition) is 2. The third-order valence-electron chi connectivity index (χ3n) is 5.79. The predicted molar refractivity (Wildman–Crippen MR) is 121 cm³/mol. The van der Waals surface area contributed by atoms with E-state index in [0.29, 0.717) is 31.4 Å². The Kier molecular flexibility index (Phi) is 8.91. The number of pyridine rings is 1. The summed E-state index contributed by atoms with van der Waals surface area (Å²) in [5.41, 5.74) is 2.49. The summed E-state index contributed by atoms with van der Waals surface area (Å²) in [7, 11) is 0. The number of aromatic nitrogens is 3. The van der Waals surface area contributed by atoms with Crippen LogP contribution in [-0.4, -0.2) is 45.1 Å². The fourth-order valence-corrected chi connectivity index (χ4v) is 4.08. The molecule has 0 amide bonds. The molecule has 0 radical (unpaired) electrons. The molecule has 180 valence electrons. The molecule has 0 aromatic carbocycles. The Hall–Kier alpha value is -2.84. The number of fused-ring (bicyclic) bond motifs is 1. The highest BCUT2D eigenvalue weighted by Gasteiger charge is 2.34. The largest absolute Gasteiger partial charge is 0.481 e. The number of halogens is 2. The van der Waals surface area contributed by atoms with Crippen LogP contribution in [0.3, 0.4) is 0 Å². The Morgan fingerprint density at radius 3 is 2.76 bits per heavy atom. The van der Waals surface area contributed by atoms with E-state index in [1.54, 1.807) is 6.92 Å². The van der Waals surface area contributed by atoms with Crippen LogP contribution < -0.4 is 10.1 Å². The second kappa shape index (κ2) is 11.9. The lowest BCUT2D eigenvalue weighted by molar-refractivity contribution is -0.138. The van der Waals surface area contributed by atoms with E-state index in [0.717, 1.165) is 37.3 Å². The van der Waals surface area contributed by atoms with Crippen molar-refractivity contribution in [1.82, 2.24) is 15.0 Å². The zero-order chi connectivity index (χ0) is 23.7. The smallest absolute Gasteiger partial charge is 0.316 e. The first kappa shape index (κ1) is 24.8. The number of aliphatic carboxylic acids is 1. The van der Waals surface area contributed by atoms with E-state index in [-0.39, 0.29) is 12.4 Å². The quantitative estimate of drug-likeness (QED) is 0.428. The molecule has 9 heteroatoms. The molecule has 0 bridgehead atoms. The number of nitrogens with one attached hydrogen (secondary N) is 1. The first-order valence-corrected chi connectivity index (χ1v) is 11.6. The number of carboxylic acid groups (broad SMARTS) is 1. The maximum absolute atomic E-state index is 14.7. The van der Waals surface area contributed by atoms with Crippen LogP contribution in [0.5, 0.6) is 6.01 Å². The molecule has 1 atom stereocenters. The molecular weight excluding hydrogens is 430 g/mol. The summed E-state index contributed by atoms with van der Waals surface area (Å²) < 4.78 is 34.6. The van der Waals surface area contributed by atoms with Gasteiger partial charge in [-0.3, -0.25) is 4.79 Å². The van der Waals surface area contributed by atoms with E-state index in [2.05, 4.69) is 26.3 Å². The maximum atomic E-state index is 14.7. The summed E-state index contributed by atoms with van der Waals surface area (Å²) in [5.74, 6) is -4.07. The molecule has 0 fully saturated rings. The zero-order valence-electron chi connectivity index (χ0n) is 19.0.